The van der Waals surface area contributed by atoms with Crippen molar-refractivity contribution in [2.24, 2.45) is 5.84 Å². The van der Waals surface area contributed by atoms with Crippen molar-refractivity contribution in [3.05, 3.63) is 21.3 Å². The average Bonchev–Trinajstić information content (AvgIpc) is 2.58. The summed E-state index contributed by atoms with van der Waals surface area (Å²) < 4.78 is 0.822. The van der Waals surface area contributed by atoms with Crippen molar-refractivity contribution in [1.82, 2.24) is 5.01 Å². The van der Waals surface area contributed by atoms with E-state index in [9.17, 15) is 4.79 Å². The van der Waals surface area contributed by atoms with Gasteiger partial charge in [-0.3, -0.25) is 9.80 Å². The van der Waals surface area contributed by atoms with Crippen LogP contribution in [0.2, 0.25) is 4.34 Å². The predicted octanol–water partition coefficient (Wildman–Crippen LogP) is 2.45. The molecule has 1 aromatic heterocycles. The van der Waals surface area contributed by atoms with Gasteiger partial charge in [0.2, 0.25) is 5.91 Å². The monoisotopic (exact) mass is 246 g/mol. The van der Waals surface area contributed by atoms with Crippen LogP contribution in [0.1, 0.15) is 24.1 Å². The van der Waals surface area contributed by atoms with Gasteiger partial charge in [0.05, 0.1) is 4.34 Å². The number of thiophene rings is 1. The summed E-state index contributed by atoms with van der Waals surface area (Å²) in [7, 11) is 1.57. The highest BCUT2D eigenvalue weighted by atomic mass is 35.5. The van der Waals surface area contributed by atoms with Gasteiger partial charge in [0, 0.05) is 18.3 Å². The van der Waals surface area contributed by atoms with Gasteiger partial charge in [-0.1, -0.05) is 11.6 Å². The second-order valence-electron chi connectivity index (χ2n) is 3.42. The van der Waals surface area contributed by atoms with Crippen molar-refractivity contribution < 1.29 is 4.79 Å². The van der Waals surface area contributed by atoms with Gasteiger partial charge in [-0.2, -0.15) is 0 Å². The van der Waals surface area contributed by atoms with Crippen LogP contribution in [-0.2, 0) is 11.2 Å². The molecule has 0 atom stereocenters. The number of hydrogen-bond donors (Lipinski definition) is 1. The third-order valence-corrected chi connectivity index (χ3v) is 3.38. The van der Waals surface area contributed by atoms with Crippen LogP contribution >= 0.6 is 22.9 Å². The van der Waals surface area contributed by atoms with Crippen molar-refractivity contribution in [3.63, 3.8) is 0 Å². The zero-order chi connectivity index (χ0) is 11.3. The molecule has 2 N–H and O–H groups in total. The second kappa shape index (κ2) is 6.10. The Kier molecular flexibility index (Phi) is 5.08. The molecule has 0 aliphatic carbocycles. The fourth-order valence-electron chi connectivity index (χ4n) is 1.24. The SMILES string of the molecule is CN(N)C(=O)CCCCc1ccc(Cl)s1. The number of carbonyl (C=O) groups excluding carboxylic acids is 1. The zero-order valence-electron chi connectivity index (χ0n) is 8.70. The molecular formula is C10H15ClN2OS. The molecule has 0 saturated carbocycles. The van der Waals surface area contributed by atoms with E-state index in [-0.39, 0.29) is 5.91 Å². The molecule has 3 nitrogen and oxygen atoms in total. The van der Waals surface area contributed by atoms with Gasteiger partial charge in [-0.25, -0.2) is 5.84 Å². The maximum Gasteiger partial charge on any atom is 0.236 e. The van der Waals surface area contributed by atoms with Crippen molar-refractivity contribution in [2.45, 2.75) is 25.7 Å². The number of nitrogens with two attached hydrogens (primary N) is 1. The maximum absolute atomic E-state index is 11.1. The van der Waals surface area contributed by atoms with Crippen LogP contribution in [0, 0.1) is 0 Å². The van der Waals surface area contributed by atoms with E-state index in [1.54, 1.807) is 18.4 Å². The molecule has 0 unspecified atom stereocenters. The smallest absolute Gasteiger partial charge is 0.236 e. The lowest BCUT2D eigenvalue weighted by Gasteiger charge is -2.08. The molecule has 0 bridgehead atoms. The molecule has 0 fully saturated rings. The first kappa shape index (κ1) is 12.5. The number of amides is 1. The standard InChI is InChI=1S/C10H15ClN2OS/c1-13(12)10(14)5-3-2-4-8-6-7-9(11)15-8/h6-7H,2-5,12H2,1H3. The van der Waals surface area contributed by atoms with E-state index in [4.69, 9.17) is 17.4 Å². The fourth-order valence-corrected chi connectivity index (χ4v) is 2.37. The largest absolute Gasteiger partial charge is 0.284 e. The van der Waals surface area contributed by atoms with Crippen LogP contribution in [0.4, 0.5) is 0 Å². The lowest BCUT2D eigenvalue weighted by molar-refractivity contribution is -0.130. The van der Waals surface area contributed by atoms with Gasteiger partial charge in [0.15, 0.2) is 0 Å². The van der Waals surface area contributed by atoms with E-state index in [1.807, 2.05) is 12.1 Å². The summed E-state index contributed by atoms with van der Waals surface area (Å²) in [6.45, 7) is 0. The number of aryl methyl sites for hydroxylation is 1. The van der Waals surface area contributed by atoms with Gasteiger partial charge in [0.25, 0.3) is 0 Å². The Morgan fingerprint density at radius 2 is 2.27 bits per heavy atom. The minimum Gasteiger partial charge on any atom is -0.284 e. The van der Waals surface area contributed by atoms with E-state index in [2.05, 4.69) is 0 Å². The molecule has 0 aliphatic rings. The van der Waals surface area contributed by atoms with Gasteiger partial charge in [-0.05, 0) is 31.4 Å². The third-order valence-electron chi connectivity index (χ3n) is 2.09. The number of nitrogens with zero attached hydrogens (tertiary/aromatic N) is 1. The van der Waals surface area contributed by atoms with Crippen molar-refractivity contribution in [1.29, 1.82) is 0 Å². The first-order valence-corrected chi connectivity index (χ1v) is 6.04. The van der Waals surface area contributed by atoms with Crippen LogP contribution in [0.5, 0.6) is 0 Å². The normalized spacial score (nSPS) is 10.3. The summed E-state index contributed by atoms with van der Waals surface area (Å²) in [5, 5.41) is 1.14. The fraction of sp³-hybridized carbons (Fsp3) is 0.500. The Balaban J connectivity index is 2.15. The number of halogens is 1. The molecule has 1 heterocycles. The molecule has 1 rings (SSSR count). The van der Waals surface area contributed by atoms with Crippen LogP contribution in [0.25, 0.3) is 0 Å². The van der Waals surface area contributed by atoms with E-state index in [0.29, 0.717) is 6.42 Å². The third kappa shape index (κ3) is 4.64. The van der Waals surface area contributed by atoms with E-state index in [1.165, 1.54) is 4.88 Å². The van der Waals surface area contributed by atoms with Gasteiger partial charge in [-0.15, -0.1) is 11.3 Å². The summed E-state index contributed by atoms with van der Waals surface area (Å²) in [6.07, 6.45) is 3.37. The lowest BCUT2D eigenvalue weighted by Crippen LogP contribution is -2.32. The van der Waals surface area contributed by atoms with Crippen molar-refractivity contribution >= 4 is 28.8 Å². The first-order valence-electron chi connectivity index (χ1n) is 4.85. The molecule has 0 aliphatic heterocycles. The summed E-state index contributed by atoms with van der Waals surface area (Å²) in [6, 6.07) is 3.93. The Morgan fingerprint density at radius 1 is 1.53 bits per heavy atom. The number of rotatable bonds is 5. The number of hydrogen-bond acceptors (Lipinski definition) is 3. The minimum atomic E-state index is -0.0146. The molecular weight excluding hydrogens is 232 g/mol. The number of unbranched alkanes of at least 4 members (excludes halogenated alkanes) is 1. The van der Waals surface area contributed by atoms with Gasteiger partial charge < -0.3 is 0 Å². The van der Waals surface area contributed by atoms with Crippen molar-refractivity contribution in [2.75, 3.05) is 7.05 Å². The van der Waals surface area contributed by atoms with Crippen LogP contribution in [-0.4, -0.2) is 18.0 Å². The lowest BCUT2D eigenvalue weighted by atomic mass is 10.1. The summed E-state index contributed by atoms with van der Waals surface area (Å²) in [5.41, 5.74) is 0. The number of hydrazine groups is 1. The highest BCUT2D eigenvalue weighted by Gasteiger charge is 2.04. The molecule has 0 saturated heterocycles. The summed E-state index contributed by atoms with van der Waals surface area (Å²) in [4.78, 5) is 12.4. The average molecular weight is 247 g/mol. The second-order valence-corrected chi connectivity index (χ2v) is 5.22. The minimum absolute atomic E-state index is 0.0146. The maximum atomic E-state index is 11.1. The molecule has 0 radical (unpaired) electrons. The van der Waals surface area contributed by atoms with Crippen LogP contribution < -0.4 is 5.84 Å². The summed E-state index contributed by atoms with van der Waals surface area (Å²) >= 11 is 7.40. The molecule has 15 heavy (non-hydrogen) atoms. The topological polar surface area (TPSA) is 46.3 Å². The Labute approximate surface area is 98.8 Å². The molecule has 84 valence electrons. The highest BCUT2D eigenvalue weighted by Crippen LogP contribution is 2.22. The highest BCUT2D eigenvalue weighted by molar-refractivity contribution is 7.16. The van der Waals surface area contributed by atoms with Crippen LogP contribution in [0.3, 0.4) is 0 Å². The van der Waals surface area contributed by atoms with E-state index in [0.717, 1.165) is 28.6 Å². The molecule has 1 aromatic rings. The Bertz CT molecular complexity index is 325. The Morgan fingerprint density at radius 3 is 2.80 bits per heavy atom. The zero-order valence-corrected chi connectivity index (χ0v) is 10.3. The van der Waals surface area contributed by atoms with Gasteiger partial charge >= 0.3 is 0 Å². The molecule has 1 amide bonds. The van der Waals surface area contributed by atoms with E-state index >= 15 is 0 Å². The van der Waals surface area contributed by atoms with Gasteiger partial charge in [0.1, 0.15) is 0 Å². The summed E-state index contributed by atoms with van der Waals surface area (Å²) in [5.74, 6) is 5.29. The van der Waals surface area contributed by atoms with Crippen LogP contribution in [0.15, 0.2) is 12.1 Å². The first-order chi connectivity index (χ1) is 7.09. The molecule has 0 aromatic carbocycles. The molecule has 0 spiro atoms. The van der Waals surface area contributed by atoms with Crippen molar-refractivity contribution in [3.8, 4) is 0 Å². The van der Waals surface area contributed by atoms with E-state index < -0.39 is 0 Å². The molecule has 5 heteroatoms. The Hall–Kier alpha value is -0.580. The quantitative estimate of drug-likeness (QED) is 0.375. The number of carbonyl (C=O) groups is 1. The predicted molar refractivity (Wildman–Crippen MR) is 63.8 cm³/mol.